The molecule has 0 saturated carbocycles. The fraction of sp³-hybridized carbons (Fsp3) is 0.632. The highest BCUT2D eigenvalue weighted by molar-refractivity contribution is 5.93. The van der Waals surface area contributed by atoms with Crippen LogP contribution in [-0.4, -0.2) is 63.0 Å². The topological polar surface area (TPSA) is 60.0 Å². The Morgan fingerprint density at radius 3 is 2.92 bits per heavy atom. The molecule has 0 aliphatic carbocycles. The number of rotatable bonds is 5. The van der Waals surface area contributed by atoms with Crippen LogP contribution in [-0.2, 0) is 14.3 Å². The first-order chi connectivity index (χ1) is 12.1. The van der Waals surface area contributed by atoms with Crippen LogP contribution in [0.25, 0.3) is 0 Å². The number of nitrogens with zero attached hydrogens (tertiary/aromatic N) is 1. The van der Waals surface area contributed by atoms with E-state index in [4.69, 9.17) is 14.2 Å². The molecule has 0 aromatic heterocycles. The van der Waals surface area contributed by atoms with Gasteiger partial charge in [-0.15, -0.1) is 0 Å². The highest BCUT2D eigenvalue weighted by atomic mass is 16.5. The number of nitrogens with one attached hydrogen (secondary N) is 1. The predicted molar refractivity (Wildman–Crippen MR) is 96.1 cm³/mol. The number of hydrogen-bond acceptors (Lipinski definition) is 5. The molecule has 3 rings (SSSR count). The minimum Gasteiger partial charge on any atom is -0.495 e. The van der Waals surface area contributed by atoms with Crippen LogP contribution in [0.2, 0.25) is 0 Å². The summed E-state index contributed by atoms with van der Waals surface area (Å²) in [5, 5.41) is 2.97. The van der Waals surface area contributed by atoms with Gasteiger partial charge in [0.25, 0.3) is 0 Å². The van der Waals surface area contributed by atoms with E-state index in [1.807, 2.05) is 25.1 Å². The van der Waals surface area contributed by atoms with Crippen LogP contribution in [0.1, 0.15) is 24.8 Å². The maximum atomic E-state index is 12.5. The lowest BCUT2D eigenvalue weighted by Crippen LogP contribution is -2.57. The number of ether oxygens (including phenoxy) is 3. The lowest BCUT2D eigenvalue weighted by Gasteiger charge is -2.44. The first-order valence-corrected chi connectivity index (χ1v) is 8.90. The molecule has 2 aliphatic rings. The molecule has 2 heterocycles. The second-order valence-electron chi connectivity index (χ2n) is 6.98. The first-order valence-electron chi connectivity index (χ1n) is 8.90. The maximum absolute atomic E-state index is 12.5. The van der Waals surface area contributed by atoms with Crippen LogP contribution in [0.5, 0.6) is 5.75 Å². The van der Waals surface area contributed by atoms with Crippen molar-refractivity contribution in [3.63, 3.8) is 0 Å². The zero-order chi connectivity index (χ0) is 17.9. The maximum Gasteiger partial charge on any atom is 0.238 e. The molecule has 0 radical (unpaired) electrons. The highest BCUT2D eigenvalue weighted by Crippen LogP contribution is 2.37. The summed E-state index contributed by atoms with van der Waals surface area (Å²) in [5.74, 6) is 0.632. The monoisotopic (exact) mass is 348 g/mol. The summed E-state index contributed by atoms with van der Waals surface area (Å²) in [6.45, 7) is 4.71. The largest absolute Gasteiger partial charge is 0.495 e. The lowest BCUT2D eigenvalue weighted by atomic mass is 9.86. The van der Waals surface area contributed by atoms with Crippen molar-refractivity contribution >= 4 is 11.6 Å². The summed E-state index contributed by atoms with van der Waals surface area (Å²) in [4.78, 5) is 14.6. The molecule has 2 saturated heterocycles. The molecule has 0 bridgehead atoms. The summed E-state index contributed by atoms with van der Waals surface area (Å²) in [6, 6.07) is 5.75. The SMILES string of the molecule is COc1ccc(C)cc1NC(=O)CN1CC[C@]2(CCCO2)[C@H](OC)C1. The average Bonchev–Trinajstić information content (AvgIpc) is 3.06. The van der Waals surface area contributed by atoms with Gasteiger partial charge >= 0.3 is 0 Å². The number of benzene rings is 1. The third-order valence-electron chi connectivity index (χ3n) is 5.28. The first kappa shape index (κ1) is 18.2. The van der Waals surface area contributed by atoms with Crippen molar-refractivity contribution in [1.82, 2.24) is 4.90 Å². The van der Waals surface area contributed by atoms with E-state index in [1.54, 1.807) is 14.2 Å². The number of aryl methyl sites for hydroxylation is 1. The minimum atomic E-state index is -0.151. The van der Waals surface area contributed by atoms with E-state index in [0.29, 0.717) is 18.0 Å². The molecule has 1 spiro atoms. The predicted octanol–water partition coefficient (Wildman–Crippen LogP) is 2.21. The van der Waals surface area contributed by atoms with E-state index in [-0.39, 0.29) is 17.6 Å². The van der Waals surface area contributed by atoms with Crippen LogP contribution in [0.3, 0.4) is 0 Å². The van der Waals surface area contributed by atoms with Gasteiger partial charge in [-0.25, -0.2) is 0 Å². The molecule has 2 fully saturated rings. The van der Waals surface area contributed by atoms with Crippen LogP contribution >= 0.6 is 0 Å². The fourth-order valence-corrected chi connectivity index (χ4v) is 3.92. The van der Waals surface area contributed by atoms with E-state index in [0.717, 1.165) is 44.5 Å². The number of carbonyl (C=O) groups excluding carboxylic acids is 1. The normalized spacial score (nSPS) is 26.8. The van der Waals surface area contributed by atoms with Gasteiger partial charge in [0.05, 0.1) is 31.0 Å². The standard InChI is InChI=1S/C19H28N2O4/c1-14-5-6-16(23-2)15(11-14)20-18(22)13-21-9-8-19(7-4-10-25-19)17(12-21)24-3/h5-6,11,17H,4,7-10,12-13H2,1-3H3,(H,20,22)/t17-,19-/m1/s1. The van der Waals surface area contributed by atoms with Crippen molar-refractivity contribution in [2.24, 2.45) is 0 Å². The van der Waals surface area contributed by atoms with Crippen LogP contribution in [0, 0.1) is 6.92 Å². The molecule has 2 aliphatic heterocycles. The molecule has 138 valence electrons. The molecule has 1 aromatic carbocycles. The molecule has 1 N–H and O–H groups in total. The Morgan fingerprint density at radius 1 is 1.40 bits per heavy atom. The van der Waals surface area contributed by atoms with E-state index >= 15 is 0 Å². The zero-order valence-electron chi connectivity index (χ0n) is 15.3. The Bertz CT molecular complexity index is 613. The van der Waals surface area contributed by atoms with Gasteiger partial charge in [0, 0.05) is 26.8 Å². The second kappa shape index (κ2) is 7.72. The number of methoxy groups -OCH3 is 2. The van der Waals surface area contributed by atoms with E-state index in [1.165, 1.54) is 0 Å². The van der Waals surface area contributed by atoms with Gasteiger partial charge in [-0.2, -0.15) is 0 Å². The Balaban J connectivity index is 1.59. The van der Waals surface area contributed by atoms with Crippen LogP contribution in [0.15, 0.2) is 18.2 Å². The average molecular weight is 348 g/mol. The molecule has 0 unspecified atom stereocenters. The number of likely N-dealkylation sites (tertiary alicyclic amines) is 1. The Labute approximate surface area is 149 Å². The van der Waals surface area contributed by atoms with Gasteiger partial charge in [-0.05, 0) is 43.9 Å². The molecule has 1 aromatic rings. The molecule has 6 nitrogen and oxygen atoms in total. The van der Waals surface area contributed by atoms with Crippen molar-refractivity contribution in [3.05, 3.63) is 23.8 Å². The minimum absolute atomic E-state index is 0.0186. The van der Waals surface area contributed by atoms with Crippen LogP contribution < -0.4 is 10.1 Å². The molecule has 25 heavy (non-hydrogen) atoms. The summed E-state index contributed by atoms with van der Waals surface area (Å²) in [5.41, 5.74) is 1.64. The summed E-state index contributed by atoms with van der Waals surface area (Å²) in [6.07, 6.45) is 3.07. The van der Waals surface area contributed by atoms with E-state index < -0.39 is 0 Å². The third-order valence-corrected chi connectivity index (χ3v) is 5.28. The molecule has 1 amide bonds. The van der Waals surface area contributed by atoms with Gasteiger partial charge in [-0.1, -0.05) is 6.07 Å². The number of piperidine rings is 1. The Hall–Kier alpha value is -1.63. The number of hydrogen-bond donors (Lipinski definition) is 1. The fourth-order valence-electron chi connectivity index (χ4n) is 3.92. The smallest absolute Gasteiger partial charge is 0.238 e. The molecule has 2 atom stereocenters. The van der Waals surface area contributed by atoms with Crippen molar-refractivity contribution < 1.29 is 19.0 Å². The van der Waals surface area contributed by atoms with Crippen molar-refractivity contribution in [2.45, 2.75) is 37.9 Å². The van der Waals surface area contributed by atoms with Crippen molar-refractivity contribution in [2.75, 3.05) is 45.8 Å². The van der Waals surface area contributed by atoms with Gasteiger partial charge in [0.1, 0.15) is 5.75 Å². The van der Waals surface area contributed by atoms with Gasteiger partial charge < -0.3 is 19.5 Å². The van der Waals surface area contributed by atoms with Gasteiger partial charge in [0.2, 0.25) is 5.91 Å². The molecular weight excluding hydrogens is 320 g/mol. The zero-order valence-corrected chi connectivity index (χ0v) is 15.3. The van der Waals surface area contributed by atoms with Gasteiger partial charge in [0.15, 0.2) is 0 Å². The van der Waals surface area contributed by atoms with Gasteiger partial charge in [-0.3, -0.25) is 9.69 Å². The number of carbonyl (C=O) groups is 1. The summed E-state index contributed by atoms with van der Waals surface area (Å²) >= 11 is 0. The number of anilines is 1. The number of amides is 1. The Kier molecular flexibility index (Phi) is 5.61. The van der Waals surface area contributed by atoms with E-state index in [9.17, 15) is 4.79 Å². The lowest BCUT2D eigenvalue weighted by molar-refractivity contribution is -0.145. The quantitative estimate of drug-likeness (QED) is 0.884. The third kappa shape index (κ3) is 3.97. The second-order valence-corrected chi connectivity index (χ2v) is 6.98. The van der Waals surface area contributed by atoms with E-state index in [2.05, 4.69) is 10.2 Å². The van der Waals surface area contributed by atoms with Crippen LogP contribution in [0.4, 0.5) is 5.69 Å². The molecule has 6 heteroatoms. The summed E-state index contributed by atoms with van der Waals surface area (Å²) < 4.78 is 17.0. The van der Waals surface area contributed by atoms with Crippen molar-refractivity contribution in [1.29, 1.82) is 0 Å². The summed E-state index contributed by atoms with van der Waals surface area (Å²) in [7, 11) is 3.34. The Morgan fingerprint density at radius 2 is 2.24 bits per heavy atom. The van der Waals surface area contributed by atoms with Crippen molar-refractivity contribution in [3.8, 4) is 5.75 Å². The highest BCUT2D eigenvalue weighted by Gasteiger charge is 2.46. The molecular formula is C19H28N2O4.